The summed E-state index contributed by atoms with van der Waals surface area (Å²) in [6, 6.07) is 19.3. The third-order valence-electron chi connectivity index (χ3n) is 5.58. The Labute approximate surface area is 168 Å². The van der Waals surface area contributed by atoms with Crippen LogP contribution in [0, 0.1) is 0 Å². The maximum absolute atomic E-state index is 12.6. The van der Waals surface area contributed by atoms with E-state index in [-0.39, 0.29) is 5.78 Å². The van der Waals surface area contributed by atoms with Crippen LogP contribution in [0.4, 0.5) is 0 Å². The fourth-order valence-corrected chi connectivity index (χ4v) is 3.08. The van der Waals surface area contributed by atoms with E-state index in [9.17, 15) is 4.79 Å². The number of hydrogen-bond donors (Lipinski definition) is 0. The molecular weight excluding hydrogens is 347 g/mol. The molecule has 1 saturated heterocycles. The molecule has 4 heteroatoms. The first-order valence-corrected chi connectivity index (χ1v) is 9.60. The van der Waals surface area contributed by atoms with Gasteiger partial charge in [-0.3, -0.25) is 4.79 Å². The van der Waals surface area contributed by atoms with Crippen molar-refractivity contribution < 1.29 is 14.1 Å². The van der Waals surface area contributed by atoms with Gasteiger partial charge in [-0.1, -0.05) is 66.7 Å². The second kappa shape index (κ2) is 7.90. The standard InChI is InChI=1S/C24H27BO3/c1-18(25-27-23(2,3)24(4,5)28-25)21(19-12-8-6-9-13-19)16-17-22(26)20-14-10-7-11-15-20/h6-17H,1-5H3/b17-16+,21-18+. The first kappa shape index (κ1) is 20.3. The van der Waals surface area contributed by atoms with Gasteiger partial charge in [0.2, 0.25) is 0 Å². The summed E-state index contributed by atoms with van der Waals surface area (Å²) >= 11 is 0. The van der Waals surface area contributed by atoms with Crippen molar-refractivity contribution in [1.82, 2.24) is 0 Å². The van der Waals surface area contributed by atoms with Crippen LogP contribution in [0.2, 0.25) is 0 Å². The molecule has 144 valence electrons. The lowest BCUT2D eigenvalue weighted by atomic mass is 9.74. The van der Waals surface area contributed by atoms with Gasteiger partial charge in [-0.15, -0.1) is 0 Å². The lowest BCUT2D eigenvalue weighted by Crippen LogP contribution is -2.41. The van der Waals surface area contributed by atoms with Gasteiger partial charge in [0.25, 0.3) is 0 Å². The zero-order chi connectivity index (χ0) is 20.4. The maximum atomic E-state index is 12.6. The molecule has 0 unspecified atom stereocenters. The number of rotatable bonds is 5. The quantitative estimate of drug-likeness (QED) is 0.299. The van der Waals surface area contributed by atoms with E-state index >= 15 is 0 Å². The number of allylic oxidation sites excluding steroid dienone is 4. The van der Waals surface area contributed by atoms with Gasteiger partial charge in [0.1, 0.15) is 0 Å². The van der Waals surface area contributed by atoms with Gasteiger partial charge in [-0.2, -0.15) is 0 Å². The fraction of sp³-hybridized carbons (Fsp3) is 0.292. The van der Waals surface area contributed by atoms with Gasteiger partial charge in [0.15, 0.2) is 5.78 Å². The van der Waals surface area contributed by atoms with E-state index in [0.717, 1.165) is 16.6 Å². The number of benzene rings is 2. The van der Waals surface area contributed by atoms with Gasteiger partial charge in [-0.25, -0.2) is 0 Å². The molecule has 0 N–H and O–H groups in total. The smallest absolute Gasteiger partial charge is 0.400 e. The summed E-state index contributed by atoms with van der Waals surface area (Å²) in [7, 11) is -0.461. The first-order valence-electron chi connectivity index (χ1n) is 9.60. The predicted octanol–water partition coefficient (Wildman–Crippen LogP) is 5.53. The van der Waals surface area contributed by atoms with E-state index in [1.807, 2.05) is 101 Å². The molecule has 0 aromatic heterocycles. The molecule has 0 atom stereocenters. The van der Waals surface area contributed by atoms with Gasteiger partial charge >= 0.3 is 7.12 Å². The SMILES string of the molecule is C/C(B1OC(C)(C)C(C)(C)O1)=C(/C=C/C(=O)c1ccccc1)c1ccccc1. The number of hydrogen-bond acceptors (Lipinski definition) is 3. The van der Waals surface area contributed by atoms with Crippen LogP contribution in [0.25, 0.3) is 5.57 Å². The zero-order valence-corrected chi connectivity index (χ0v) is 17.2. The molecule has 2 aromatic rings. The normalized spacial score (nSPS) is 19.0. The second-order valence-electron chi connectivity index (χ2n) is 8.11. The molecule has 0 spiro atoms. The van der Waals surface area contributed by atoms with Gasteiger partial charge in [0, 0.05) is 5.56 Å². The van der Waals surface area contributed by atoms with E-state index in [2.05, 4.69) is 0 Å². The highest BCUT2D eigenvalue weighted by atomic mass is 16.7. The molecule has 1 fully saturated rings. The van der Waals surface area contributed by atoms with Crippen molar-refractivity contribution in [3.63, 3.8) is 0 Å². The number of carbonyl (C=O) groups excluding carboxylic acids is 1. The van der Waals surface area contributed by atoms with Crippen molar-refractivity contribution in [2.75, 3.05) is 0 Å². The summed E-state index contributed by atoms with van der Waals surface area (Å²) in [6.45, 7) is 10.2. The highest BCUT2D eigenvalue weighted by Crippen LogP contribution is 2.40. The van der Waals surface area contributed by atoms with Gasteiger partial charge in [0.05, 0.1) is 11.2 Å². The molecule has 28 heavy (non-hydrogen) atoms. The summed E-state index contributed by atoms with van der Waals surface area (Å²) in [6.07, 6.45) is 3.48. The van der Waals surface area contributed by atoms with Crippen LogP contribution in [0.3, 0.4) is 0 Å². The Kier molecular flexibility index (Phi) is 5.73. The second-order valence-corrected chi connectivity index (χ2v) is 8.11. The third kappa shape index (κ3) is 4.19. The van der Waals surface area contributed by atoms with Crippen molar-refractivity contribution in [1.29, 1.82) is 0 Å². The molecule has 0 amide bonds. The minimum absolute atomic E-state index is 0.0317. The molecule has 0 bridgehead atoms. The molecule has 2 aromatic carbocycles. The lowest BCUT2D eigenvalue weighted by Gasteiger charge is -2.32. The van der Waals surface area contributed by atoms with Crippen molar-refractivity contribution in [3.8, 4) is 0 Å². The Bertz CT molecular complexity index is 880. The molecule has 3 nitrogen and oxygen atoms in total. The molecule has 1 heterocycles. The van der Waals surface area contributed by atoms with E-state index in [1.165, 1.54) is 0 Å². The molecule has 0 saturated carbocycles. The van der Waals surface area contributed by atoms with Crippen molar-refractivity contribution in [3.05, 3.63) is 89.4 Å². The van der Waals surface area contributed by atoms with Crippen LogP contribution in [0.15, 0.2) is 78.3 Å². The molecule has 1 aliphatic rings. The van der Waals surface area contributed by atoms with E-state index < -0.39 is 18.3 Å². The van der Waals surface area contributed by atoms with Gasteiger partial charge < -0.3 is 9.31 Å². The number of ketones is 1. The summed E-state index contributed by atoms with van der Waals surface area (Å²) in [5.41, 5.74) is 2.74. The van der Waals surface area contributed by atoms with Gasteiger partial charge in [-0.05, 0) is 57.3 Å². The summed E-state index contributed by atoms with van der Waals surface area (Å²) < 4.78 is 12.4. The molecule has 1 aliphatic heterocycles. The fourth-order valence-electron chi connectivity index (χ4n) is 3.08. The highest BCUT2D eigenvalue weighted by molar-refractivity contribution is 6.56. The predicted molar refractivity (Wildman–Crippen MR) is 115 cm³/mol. The van der Waals surface area contributed by atoms with Crippen molar-refractivity contribution in [2.45, 2.75) is 45.8 Å². The topological polar surface area (TPSA) is 35.5 Å². The first-order chi connectivity index (χ1) is 13.2. The monoisotopic (exact) mass is 374 g/mol. The Morgan fingerprint density at radius 3 is 1.75 bits per heavy atom. The van der Waals surface area contributed by atoms with Crippen LogP contribution < -0.4 is 0 Å². The molecule has 0 aliphatic carbocycles. The summed E-state index contributed by atoms with van der Waals surface area (Å²) in [5, 5.41) is 0. The van der Waals surface area contributed by atoms with E-state index in [1.54, 1.807) is 6.08 Å². The van der Waals surface area contributed by atoms with Crippen LogP contribution in [0.5, 0.6) is 0 Å². The largest absolute Gasteiger partial charge is 0.490 e. The minimum atomic E-state index is -0.461. The lowest BCUT2D eigenvalue weighted by molar-refractivity contribution is 0.00578. The minimum Gasteiger partial charge on any atom is -0.400 e. The third-order valence-corrected chi connectivity index (χ3v) is 5.58. The highest BCUT2D eigenvalue weighted by Gasteiger charge is 2.52. The number of carbonyl (C=O) groups is 1. The Balaban J connectivity index is 1.97. The maximum Gasteiger partial charge on any atom is 0.490 e. The molecule has 3 rings (SSSR count). The Morgan fingerprint density at radius 1 is 0.786 bits per heavy atom. The average molecular weight is 374 g/mol. The zero-order valence-electron chi connectivity index (χ0n) is 17.2. The Hall–Kier alpha value is -2.43. The molecule has 0 radical (unpaired) electrons. The summed E-state index contributed by atoms with van der Waals surface area (Å²) in [5.74, 6) is -0.0317. The Morgan fingerprint density at radius 2 is 1.25 bits per heavy atom. The van der Waals surface area contributed by atoms with Crippen LogP contribution in [-0.2, 0) is 9.31 Å². The molecular formula is C24H27BO3. The van der Waals surface area contributed by atoms with Crippen molar-refractivity contribution in [2.24, 2.45) is 0 Å². The average Bonchev–Trinajstić information content (AvgIpc) is 2.90. The van der Waals surface area contributed by atoms with E-state index in [4.69, 9.17) is 9.31 Å². The summed E-state index contributed by atoms with van der Waals surface area (Å²) in [4.78, 5) is 12.6. The van der Waals surface area contributed by atoms with Crippen molar-refractivity contribution >= 4 is 18.5 Å². The van der Waals surface area contributed by atoms with Crippen LogP contribution in [0.1, 0.15) is 50.5 Å². The van der Waals surface area contributed by atoms with E-state index in [0.29, 0.717) is 5.56 Å². The van der Waals surface area contributed by atoms with Crippen LogP contribution >= 0.6 is 0 Å². The van der Waals surface area contributed by atoms with Crippen LogP contribution in [-0.4, -0.2) is 24.1 Å².